The Labute approximate surface area is 141 Å². The van der Waals surface area contributed by atoms with Crippen LogP contribution in [0.5, 0.6) is 5.75 Å². The maximum absolute atomic E-state index is 11.4. The van der Waals surface area contributed by atoms with Crippen LogP contribution in [0.2, 0.25) is 0 Å². The zero-order chi connectivity index (χ0) is 15.5. The molecule has 0 saturated heterocycles. The Hall–Kier alpha value is -0.410. The lowest BCUT2D eigenvalue weighted by atomic mass is 10.3. The maximum atomic E-state index is 11.4. The van der Waals surface area contributed by atoms with Gasteiger partial charge in [-0.3, -0.25) is 0 Å². The number of carbonyl (C=O) groups excluding carboxylic acids is 1. The monoisotopic (exact) mass is 472 g/mol. The molecule has 0 spiro atoms. The van der Waals surface area contributed by atoms with Crippen LogP contribution in [0.15, 0.2) is 37.7 Å². The number of hydrogen-bond acceptors (Lipinski definition) is 5. The molecule has 110 valence electrons. The molecule has 1 atom stereocenters. The van der Waals surface area contributed by atoms with Gasteiger partial charge in [-0.05, 0) is 66.8 Å². The molecule has 1 rings (SSSR count). The van der Waals surface area contributed by atoms with E-state index in [0.717, 1.165) is 4.47 Å². The van der Waals surface area contributed by atoms with E-state index in [1.807, 2.05) is 0 Å². The summed E-state index contributed by atoms with van der Waals surface area (Å²) in [6.07, 6.45) is 0. The molecule has 0 amide bonds. The number of carbonyl (C=O) groups is 1. The van der Waals surface area contributed by atoms with Gasteiger partial charge in [0.2, 0.25) is 0 Å². The number of esters is 1. The second kappa shape index (κ2) is 7.04. The van der Waals surface area contributed by atoms with E-state index in [1.165, 1.54) is 13.0 Å². The molecule has 0 fully saturated rings. The molecule has 0 heterocycles. The molecule has 5 nitrogen and oxygen atoms in total. The van der Waals surface area contributed by atoms with E-state index < -0.39 is 18.5 Å². The van der Waals surface area contributed by atoms with Gasteiger partial charge in [-0.1, -0.05) is 6.58 Å². The third kappa shape index (κ3) is 4.29. The Morgan fingerprint density at radius 1 is 1.35 bits per heavy atom. The average Bonchev–Trinajstić information content (AvgIpc) is 2.39. The van der Waals surface area contributed by atoms with E-state index in [-0.39, 0.29) is 11.3 Å². The van der Waals surface area contributed by atoms with E-state index in [4.69, 9.17) is 4.74 Å². The summed E-state index contributed by atoms with van der Waals surface area (Å²) in [6.45, 7) is 3.85. The standard InChI is InChI=1S/C12H11Br3O5/c1-6(2)11(17)20-12(18,5-16)19-8-4-3-7(13)9(14)10(8)15/h3-4,16,18H,1,5H2,2H3. The van der Waals surface area contributed by atoms with Crippen molar-refractivity contribution in [3.05, 3.63) is 37.7 Å². The van der Waals surface area contributed by atoms with Gasteiger partial charge in [-0.15, -0.1) is 0 Å². The van der Waals surface area contributed by atoms with Gasteiger partial charge in [0, 0.05) is 14.5 Å². The third-order valence-corrected chi connectivity index (χ3v) is 5.41. The Morgan fingerprint density at radius 3 is 2.45 bits per heavy atom. The van der Waals surface area contributed by atoms with Crippen molar-refractivity contribution >= 4 is 53.8 Å². The minimum absolute atomic E-state index is 0.0662. The molecule has 1 unspecified atom stereocenters. The first kappa shape index (κ1) is 17.6. The minimum atomic E-state index is -2.49. The van der Waals surface area contributed by atoms with Gasteiger partial charge in [-0.25, -0.2) is 4.79 Å². The minimum Gasteiger partial charge on any atom is -0.427 e. The molecule has 20 heavy (non-hydrogen) atoms. The number of ether oxygens (including phenoxy) is 2. The first-order valence-electron chi connectivity index (χ1n) is 5.25. The van der Waals surface area contributed by atoms with Crippen LogP contribution in [0.4, 0.5) is 0 Å². The van der Waals surface area contributed by atoms with E-state index in [9.17, 15) is 15.0 Å². The highest BCUT2D eigenvalue weighted by atomic mass is 79.9. The number of aliphatic hydroxyl groups is 2. The molecule has 1 aromatic rings. The van der Waals surface area contributed by atoms with Crippen LogP contribution in [0.25, 0.3) is 0 Å². The van der Waals surface area contributed by atoms with Crippen molar-refractivity contribution in [2.45, 2.75) is 12.9 Å². The molecule has 2 N–H and O–H groups in total. The molecule has 1 aromatic carbocycles. The van der Waals surface area contributed by atoms with Crippen LogP contribution < -0.4 is 4.74 Å². The summed E-state index contributed by atoms with van der Waals surface area (Å²) in [7, 11) is 0. The number of benzene rings is 1. The number of aliphatic hydroxyl groups excluding tert-OH is 1. The number of halogens is 3. The average molecular weight is 475 g/mol. The van der Waals surface area contributed by atoms with Crippen LogP contribution in [-0.2, 0) is 9.53 Å². The van der Waals surface area contributed by atoms with Crippen molar-refractivity contribution in [2.75, 3.05) is 6.61 Å². The zero-order valence-corrected chi connectivity index (χ0v) is 15.1. The first-order valence-corrected chi connectivity index (χ1v) is 7.62. The molecule has 0 saturated carbocycles. The van der Waals surface area contributed by atoms with E-state index in [0.29, 0.717) is 8.95 Å². The van der Waals surface area contributed by atoms with Crippen LogP contribution in [0.1, 0.15) is 6.92 Å². The van der Waals surface area contributed by atoms with Crippen molar-refractivity contribution in [2.24, 2.45) is 0 Å². The SMILES string of the molecule is C=C(C)C(=O)OC(O)(CO)Oc1ccc(Br)c(Br)c1Br. The molecule has 8 heteroatoms. The fourth-order valence-corrected chi connectivity index (χ4v) is 2.43. The predicted molar refractivity (Wildman–Crippen MR) is 83.1 cm³/mol. The zero-order valence-electron chi connectivity index (χ0n) is 10.3. The lowest BCUT2D eigenvalue weighted by Crippen LogP contribution is -2.44. The molecule has 0 radical (unpaired) electrons. The second-order valence-electron chi connectivity index (χ2n) is 3.82. The Kier molecular flexibility index (Phi) is 6.21. The topological polar surface area (TPSA) is 76.0 Å². The third-order valence-electron chi connectivity index (χ3n) is 2.07. The number of rotatable bonds is 5. The maximum Gasteiger partial charge on any atom is 0.396 e. The van der Waals surface area contributed by atoms with Gasteiger partial charge >= 0.3 is 11.9 Å². The van der Waals surface area contributed by atoms with Crippen LogP contribution >= 0.6 is 47.8 Å². The van der Waals surface area contributed by atoms with Crippen molar-refractivity contribution in [3.8, 4) is 5.75 Å². The molecule has 0 aliphatic heterocycles. The highest BCUT2D eigenvalue weighted by Gasteiger charge is 2.35. The van der Waals surface area contributed by atoms with E-state index in [2.05, 4.69) is 59.1 Å². The van der Waals surface area contributed by atoms with Crippen LogP contribution in [0.3, 0.4) is 0 Å². The Bertz CT molecular complexity index is 546. The van der Waals surface area contributed by atoms with Gasteiger partial charge in [0.05, 0.1) is 4.47 Å². The molecular formula is C12H11Br3O5. The van der Waals surface area contributed by atoms with Gasteiger partial charge in [0.15, 0.2) is 0 Å². The highest BCUT2D eigenvalue weighted by Crippen LogP contribution is 2.39. The summed E-state index contributed by atoms with van der Waals surface area (Å²) in [5.41, 5.74) is 0.0662. The van der Waals surface area contributed by atoms with Gasteiger partial charge < -0.3 is 19.7 Å². The Balaban J connectivity index is 3.01. The molecule has 0 aliphatic carbocycles. The molecule has 0 bridgehead atoms. The van der Waals surface area contributed by atoms with Crippen molar-refractivity contribution in [3.63, 3.8) is 0 Å². The fraction of sp³-hybridized carbons (Fsp3) is 0.250. The van der Waals surface area contributed by atoms with E-state index >= 15 is 0 Å². The summed E-state index contributed by atoms with van der Waals surface area (Å²) >= 11 is 9.84. The normalized spacial score (nSPS) is 13.5. The second-order valence-corrected chi connectivity index (χ2v) is 6.26. The largest absolute Gasteiger partial charge is 0.427 e. The summed E-state index contributed by atoms with van der Waals surface area (Å²) in [6, 6.07) is 3.18. The highest BCUT2D eigenvalue weighted by molar-refractivity contribution is 9.14. The van der Waals surface area contributed by atoms with Crippen molar-refractivity contribution in [1.82, 2.24) is 0 Å². The number of hydrogen-bond donors (Lipinski definition) is 2. The lowest BCUT2D eigenvalue weighted by molar-refractivity contribution is -0.314. The van der Waals surface area contributed by atoms with Gasteiger partial charge in [0.25, 0.3) is 0 Å². The molecule has 0 aromatic heterocycles. The lowest BCUT2D eigenvalue weighted by Gasteiger charge is -2.26. The summed E-state index contributed by atoms with van der Waals surface area (Å²) in [4.78, 5) is 11.4. The quantitative estimate of drug-likeness (QED) is 0.297. The summed E-state index contributed by atoms with van der Waals surface area (Å²) < 4.78 is 11.7. The summed E-state index contributed by atoms with van der Waals surface area (Å²) in [5.74, 6) is -3.20. The van der Waals surface area contributed by atoms with Crippen molar-refractivity contribution in [1.29, 1.82) is 0 Å². The van der Waals surface area contributed by atoms with E-state index in [1.54, 1.807) is 6.07 Å². The summed E-state index contributed by atoms with van der Waals surface area (Å²) in [5, 5.41) is 19.1. The Morgan fingerprint density at radius 2 is 1.95 bits per heavy atom. The van der Waals surface area contributed by atoms with Crippen molar-refractivity contribution < 1.29 is 24.5 Å². The fourth-order valence-electron chi connectivity index (χ4n) is 1.08. The predicted octanol–water partition coefficient (Wildman–Crippen LogP) is 3.11. The molecule has 0 aliphatic rings. The van der Waals surface area contributed by atoms with Gasteiger partial charge in [0.1, 0.15) is 12.4 Å². The first-order chi connectivity index (χ1) is 9.20. The smallest absolute Gasteiger partial charge is 0.396 e. The molecular weight excluding hydrogens is 464 g/mol. The van der Waals surface area contributed by atoms with Crippen LogP contribution in [0, 0.1) is 0 Å². The van der Waals surface area contributed by atoms with Crippen LogP contribution in [-0.4, -0.2) is 28.8 Å². The van der Waals surface area contributed by atoms with Gasteiger partial charge in [-0.2, -0.15) is 0 Å².